The lowest BCUT2D eigenvalue weighted by atomic mass is 9.95. The molecule has 10 nitrogen and oxygen atoms in total. The van der Waals surface area contributed by atoms with Gasteiger partial charge in [0.05, 0.1) is 31.1 Å². The van der Waals surface area contributed by atoms with Crippen molar-refractivity contribution in [2.24, 2.45) is 7.05 Å². The van der Waals surface area contributed by atoms with E-state index in [-0.39, 0.29) is 25.0 Å². The second-order valence-electron chi connectivity index (χ2n) is 8.76. The topological polar surface area (TPSA) is 124 Å². The molecular weight excluding hydrogens is 526 g/mol. The van der Waals surface area contributed by atoms with Crippen LogP contribution in [0, 0.1) is 0 Å². The fourth-order valence-corrected chi connectivity index (χ4v) is 6.24. The summed E-state index contributed by atoms with van der Waals surface area (Å²) in [7, 11) is 3.33. The highest BCUT2D eigenvalue weighted by Gasteiger charge is 2.28. The van der Waals surface area contributed by atoms with Crippen molar-refractivity contribution in [3.8, 4) is 5.75 Å². The third-order valence-corrected chi connectivity index (χ3v) is 8.54. The van der Waals surface area contributed by atoms with Gasteiger partial charge in [0.15, 0.2) is 11.0 Å². The van der Waals surface area contributed by atoms with Crippen LogP contribution in [0.25, 0.3) is 0 Å². The van der Waals surface area contributed by atoms with Crippen molar-refractivity contribution in [1.82, 2.24) is 20.1 Å². The Bertz CT molecular complexity index is 1340. The molecule has 3 aromatic rings. The molecule has 0 saturated heterocycles. The molecule has 1 aliphatic rings. The van der Waals surface area contributed by atoms with Gasteiger partial charge in [0.1, 0.15) is 10.8 Å². The van der Waals surface area contributed by atoms with Gasteiger partial charge in [-0.1, -0.05) is 17.8 Å². The number of carbonyl (C=O) groups excluding carboxylic acids is 3. The minimum Gasteiger partial charge on any atom is -0.497 e. The summed E-state index contributed by atoms with van der Waals surface area (Å²) in [5, 5.41) is 14.7. The quantitative estimate of drug-likeness (QED) is 0.283. The van der Waals surface area contributed by atoms with E-state index in [1.807, 2.05) is 0 Å². The SMILES string of the molecule is CCOC(=O)c1c(NC(=O)C(C)Sc2nnc(CNC(=O)c3cccc(OC)c3)n2C)sc2c1CCCC2. The molecule has 0 bridgehead atoms. The fraction of sp³-hybridized carbons (Fsp3) is 0.423. The number of aromatic nitrogens is 3. The number of fused-ring (bicyclic) bond motifs is 1. The van der Waals surface area contributed by atoms with Crippen LogP contribution < -0.4 is 15.4 Å². The predicted octanol–water partition coefficient (Wildman–Crippen LogP) is 3.99. The molecule has 2 aromatic heterocycles. The van der Waals surface area contributed by atoms with E-state index in [0.29, 0.717) is 32.9 Å². The average molecular weight is 558 g/mol. The van der Waals surface area contributed by atoms with Crippen LogP contribution in [0.5, 0.6) is 5.75 Å². The molecule has 2 amide bonds. The van der Waals surface area contributed by atoms with E-state index < -0.39 is 11.2 Å². The minimum absolute atomic E-state index is 0.171. The van der Waals surface area contributed by atoms with Crippen molar-refractivity contribution in [3.05, 3.63) is 51.7 Å². The molecular formula is C26H31N5O5S2. The number of nitrogens with one attached hydrogen (secondary N) is 2. The Labute approximate surface area is 229 Å². The van der Waals surface area contributed by atoms with Gasteiger partial charge in [-0.05, 0) is 63.3 Å². The molecule has 1 unspecified atom stereocenters. The summed E-state index contributed by atoms with van der Waals surface area (Å²) in [5.74, 6) is 0.252. The zero-order valence-electron chi connectivity index (χ0n) is 21.8. The van der Waals surface area contributed by atoms with Gasteiger partial charge in [0.25, 0.3) is 5.91 Å². The summed E-state index contributed by atoms with van der Waals surface area (Å²) in [5.41, 5.74) is 1.97. The smallest absolute Gasteiger partial charge is 0.341 e. The fourth-order valence-electron chi connectivity index (χ4n) is 4.13. The lowest BCUT2D eigenvalue weighted by molar-refractivity contribution is -0.115. The van der Waals surface area contributed by atoms with E-state index in [4.69, 9.17) is 9.47 Å². The van der Waals surface area contributed by atoms with Gasteiger partial charge >= 0.3 is 5.97 Å². The van der Waals surface area contributed by atoms with E-state index >= 15 is 0 Å². The van der Waals surface area contributed by atoms with Crippen molar-refractivity contribution in [1.29, 1.82) is 0 Å². The number of ether oxygens (including phenoxy) is 2. The minimum atomic E-state index is -0.508. The lowest BCUT2D eigenvalue weighted by Gasteiger charge is -2.13. The van der Waals surface area contributed by atoms with Gasteiger partial charge in [0, 0.05) is 17.5 Å². The zero-order valence-corrected chi connectivity index (χ0v) is 23.5. The summed E-state index contributed by atoms with van der Waals surface area (Å²) >= 11 is 2.71. The molecule has 12 heteroatoms. The van der Waals surface area contributed by atoms with E-state index in [1.165, 1.54) is 23.1 Å². The summed E-state index contributed by atoms with van der Waals surface area (Å²) in [6.45, 7) is 3.99. The number of esters is 1. The molecule has 0 spiro atoms. The number of nitrogens with zero attached hydrogens (tertiary/aromatic N) is 3. The zero-order chi connectivity index (χ0) is 27.2. The number of aryl methyl sites for hydroxylation is 1. The number of thiophene rings is 1. The number of rotatable bonds is 10. The molecule has 1 aromatic carbocycles. The van der Waals surface area contributed by atoms with Crippen LogP contribution in [-0.2, 0) is 36.0 Å². The second kappa shape index (κ2) is 12.4. The Morgan fingerprint density at radius 1 is 1.21 bits per heavy atom. The van der Waals surface area contributed by atoms with Gasteiger partial charge in [-0.25, -0.2) is 4.79 Å². The number of benzene rings is 1. The molecule has 2 heterocycles. The summed E-state index contributed by atoms with van der Waals surface area (Å²) < 4.78 is 12.2. The summed E-state index contributed by atoms with van der Waals surface area (Å²) in [6.07, 6.45) is 3.81. The van der Waals surface area contributed by atoms with Gasteiger partial charge in [0.2, 0.25) is 5.91 Å². The molecule has 38 heavy (non-hydrogen) atoms. The van der Waals surface area contributed by atoms with Crippen LogP contribution >= 0.6 is 23.1 Å². The first-order chi connectivity index (χ1) is 18.3. The Morgan fingerprint density at radius 3 is 2.76 bits per heavy atom. The molecule has 4 rings (SSSR count). The molecule has 0 saturated carbocycles. The van der Waals surface area contributed by atoms with Crippen molar-refractivity contribution < 1.29 is 23.9 Å². The highest BCUT2D eigenvalue weighted by Crippen LogP contribution is 2.39. The first-order valence-electron chi connectivity index (χ1n) is 12.4. The summed E-state index contributed by atoms with van der Waals surface area (Å²) in [6, 6.07) is 6.88. The predicted molar refractivity (Wildman–Crippen MR) is 146 cm³/mol. The normalized spacial score (nSPS) is 13.4. The highest BCUT2D eigenvalue weighted by molar-refractivity contribution is 8.00. The molecule has 1 atom stereocenters. The van der Waals surface area contributed by atoms with Crippen LogP contribution in [0.4, 0.5) is 5.00 Å². The van der Waals surface area contributed by atoms with Crippen LogP contribution in [0.2, 0.25) is 0 Å². The molecule has 2 N–H and O–H groups in total. The molecule has 0 aliphatic heterocycles. The maximum atomic E-state index is 13.1. The Kier molecular flexibility index (Phi) is 9.05. The Balaban J connectivity index is 1.39. The largest absolute Gasteiger partial charge is 0.497 e. The van der Waals surface area contributed by atoms with E-state index in [2.05, 4.69) is 20.8 Å². The maximum Gasteiger partial charge on any atom is 0.341 e. The lowest BCUT2D eigenvalue weighted by Crippen LogP contribution is -2.25. The Morgan fingerprint density at radius 2 is 2.00 bits per heavy atom. The molecule has 0 fully saturated rings. The number of methoxy groups -OCH3 is 1. The van der Waals surface area contributed by atoms with Gasteiger partial charge in [-0.15, -0.1) is 21.5 Å². The molecule has 202 valence electrons. The van der Waals surface area contributed by atoms with Crippen LogP contribution in [0.15, 0.2) is 29.4 Å². The summed E-state index contributed by atoms with van der Waals surface area (Å²) in [4.78, 5) is 39.5. The maximum absolute atomic E-state index is 13.1. The number of hydrogen-bond donors (Lipinski definition) is 2. The first kappa shape index (κ1) is 27.6. The van der Waals surface area contributed by atoms with Crippen molar-refractivity contribution in [2.75, 3.05) is 19.0 Å². The van der Waals surface area contributed by atoms with Crippen molar-refractivity contribution >= 4 is 45.9 Å². The van der Waals surface area contributed by atoms with Crippen LogP contribution in [0.1, 0.15) is 63.7 Å². The number of carbonyl (C=O) groups is 3. The van der Waals surface area contributed by atoms with Crippen molar-refractivity contribution in [3.63, 3.8) is 0 Å². The van der Waals surface area contributed by atoms with Gasteiger partial charge in [-0.3, -0.25) is 9.59 Å². The van der Waals surface area contributed by atoms with Crippen molar-refractivity contribution in [2.45, 2.75) is 56.5 Å². The average Bonchev–Trinajstić information content (AvgIpc) is 3.46. The Hall–Kier alpha value is -3.38. The van der Waals surface area contributed by atoms with Gasteiger partial charge in [-0.2, -0.15) is 0 Å². The van der Waals surface area contributed by atoms with E-state index in [9.17, 15) is 14.4 Å². The third-order valence-electron chi connectivity index (χ3n) is 6.20. The molecule has 0 radical (unpaired) electrons. The second-order valence-corrected chi connectivity index (χ2v) is 11.2. The number of amides is 2. The monoisotopic (exact) mass is 557 g/mol. The number of hydrogen-bond acceptors (Lipinski definition) is 9. The third kappa shape index (κ3) is 6.18. The van der Waals surface area contributed by atoms with Crippen LogP contribution in [-0.4, -0.2) is 51.5 Å². The first-order valence-corrected chi connectivity index (χ1v) is 14.1. The highest BCUT2D eigenvalue weighted by atomic mass is 32.2. The molecule has 1 aliphatic carbocycles. The van der Waals surface area contributed by atoms with Crippen LogP contribution in [0.3, 0.4) is 0 Å². The standard InChI is InChI=1S/C26H31N5O5S2/c1-5-36-25(34)21-18-11-6-7-12-19(18)38-24(21)28-22(32)15(2)37-26-30-29-20(31(26)3)14-27-23(33)16-9-8-10-17(13-16)35-4/h8-10,13,15H,5-7,11-12,14H2,1-4H3,(H,27,33)(H,28,32). The number of thioether (sulfide) groups is 1. The van der Waals surface area contributed by atoms with Gasteiger partial charge < -0.3 is 24.7 Å². The van der Waals surface area contributed by atoms with E-state index in [1.54, 1.807) is 56.8 Å². The van der Waals surface area contributed by atoms with E-state index in [0.717, 1.165) is 36.1 Å². The number of anilines is 1.